The van der Waals surface area contributed by atoms with E-state index < -0.39 is 0 Å². The monoisotopic (exact) mass is 231 g/mol. The predicted molar refractivity (Wildman–Crippen MR) is 74.4 cm³/mol. The zero-order valence-electron chi connectivity index (χ0n) is 11.4. The number of hydrogen-bond acceptors (Lipinski definition) is 1. The Bertz CT molecular complexity index is 366. The molecule has 17 heavy (non-hydrogen) atoms. The first-order valence-electron chi connectivity index (χ1n) is 7.00. The fraction of sp³-hybridized carbons (Fsp3) is 0.625. The lowest BCUT2D eigenvalue weighted by molar-refractivity contribution is 0.446. The summed E-state index contributed by atoms with van der Waals surface area (Å²) in [6.45, 7) is 7.73. The zero-order valence-corrected chi connectivity index (χ0v) is 11.4. The van der Waals surface area contributed by atoms with Crippen LogP contribution in [0.2, 0.25) is 0 Å². The summed E-state index contributed by atoms with van der Waals surface area (Å²) in [7, 11) is 0. The summed E-state index contributed by atoms with van der Waals surface area (Å²) in [5.41, 5.74) is 4.35. The summed E-state index contributed by atoms with van der Waals surface area (Å²) in [5, 5.41) is 3.65. The van der Waals surface area contributed by atoms with Crippen molar-refractivity contribution in [2.24, 2.45) is 5.92 Å². The smallest absolute Gasteiger partial charge is 0.00983 e. The van der Waals surface area contributed by atoms with Gasteiger partial charge in [0.2, 0.25) is 0 Å². The van der Waals surface area contributed by atoms with E-state index in [0.29, 0.717) is 0 Å². The molecule has 0 spiro atoms. The third kappa shape index (κ3) is 3.57. The summed E-state index contributed by atoms with van der Waals surface area (Å²) < 4.78 is 0. The van der Waals surface area contributed by atoms with Gasteiger partial charge < -0.3 is 5.32 Å². The third-order valence-electron chi connectivity index (χ3n) is 3.88. The molecule has 94 valence electrons. The molecular formula is C16H25N. The van der Waals surface area contributed by atoms with Gasteiger partial charge in [-0.25, -0.2) is 0 Å². The average molecular weight is 231 g/mol. The molecule has 0 bridgehead atoms. The Hall–Kier alpha value is -0.820. The Morgan fingerprint density at radius 2 is 2.06 bits per heavy atom. The van der Waals surface area contributed by atoms with Gasteiger partial charge in [-0.05, 0) is 63.1 Å². The first kappa shape index (κ1) is 12.6. The molecule has 1 atom stereocenters. The number of nitrogens with one attached hydrogen (secondary N) is 1. The van der Waals surface area contributed by atoms with Gasteiger partial charge in [-0.3, -0.25) is 0 Å². The maximum atomic E-state index is 3.65. The van der Waals surface area contributed by atoms with Gasteiger partial charge >= 0.3 is 0 Å². The molecule has 1 N–H and O–H groups in total. The van der Waals surface area contributed by atoms with Crippen molar-refractivity contribution in [1.29, 1.82) is 0 Å². The van der Waals surface area contributed by atoms with Gasteiger partial charge in [0.15, 0.2) is 0 Å². The summed E-state index contributed by atoms with van der Waals surface area (Å²) in [4.78, 5) is 0. The van der Waals surface area contributed by atoms with Crippen molar-refractivity contribution in [3.63, 3.8) is 0 Å². The molecule has 0 heterocycles. The molecule has 0 aromatic heterocycles. The van der Waals surface area contributed by atoms with E-state index in [1.54, 1.807) is 0 Å². The van der Waals surface area contributed by atoms with Crippen molar-refractivity contribution in [2.45, 2.75) is 52.5 Å². The number of benzene rings is 1. The van der Waals surface area contributed by atoms with Crippen LogP contribution in [0.1, 0.15) is 42.9 Å². The minimum absolute atomic E-state index is 0.751. The molecule has 0 saturated heterocycles. The van der Waals surface area contributed by atoms with Crippen molar-refractivity contribution in [2.75, 3.05) is 6.54 Å². The largest absolute Gasteiger partial charge is 0.314 e. The minimum atomic E-state index is 0.751. The first-order valence-corrected chi connectivity index (χ1v) is 7.00. The van der Waals surface area contributed by atoms with Crippen LogP contribution in [0.25, 0.3) is 0 Å². The lowest BCUT2D eigenvalue weighted by Crippen LogP contribution is -2.31. The molecule has 1 unspecified atom stereocenters. The topological polar surface area (TPSA) is 12.0 Å². The van der Waals surface area contributed by atoms with E-state index in [4.69, 9.17) is 0 Å². The summed E-state index contributed by atoms with van der Waals surface area (Å²) >= 11 is 0. The van der Waals surface area contributed by atoms with Gasteiger partial charge in [-0.15, -0.1) is 0 Å². The van der Waals surface area contributed by atoms with Gasteiger partial charge in [0, 0.05) is 6.04 Å². The highest BCUT2D eigenvalue weighted by molar-refractivity contribution is 5.30. The lowest BCUT2D eigenvalue weighted by atomic mass is 9.97. The number of rotatable bonds is 6. The molecule has 2 rings (SSSR count). The van der Waals surface area contributed by atoms with Gasteiger partial charge in [-0.1, -0.05) is 30.7 Å². The quantitative estimate of drug-likeness (QED) is 0.788. The third-order valence-corrected chi connectivity index (χ3v) is 3.88. The van der Waals surface area contributed by atoms with Crippen LogP contribution in [0, 0.1) is 19.8 Å². The van der Waals surface area contributed by atoms with Crippen LogP contribution in [0.4, 0.5) is 0 Å². The fourth-order valence-electron chi connectivity index (χ4n) is 2.70. The number of aryl methyl sites for hydroxylation is 3. The van der Waals surface area contributed by atoms with Gasteiger partial charge in [0.05, 0.1) is 0 Å². The molecule has 1 fully saturated rings. The molecular weight excluding hydrogens is 206 g/mol. The standard InChI is InChI=1S/C16H25N/c1-4-17-16(15-7-8-15)10-9-14-6-5-12(2)11-13(14)3/h5-6,11,15-17H,4,7-10H2,1-3H3. The van der Waals surface area contributed by atoms with Crippen molar-refractivity contribution < 1.29 is 0 Å². The van der Waals surface area contributed by atoms with Gasteiger partial charge in [-0.2, -0.15) is 0 Å². The fourth-order valence-corrected chi connectivity index (χ4v) is 2.70. The van der Waals surface area contributed by atoms with Crippen molar-refractivity contribution in [3.05, 3.63) is 34.9 Å². The molecule has 1 aliphatic rings. The molecule has 1 aromatic rings. The molecule has 0 amide bonds. The maximum Gasteiger partial charge on any atom is 0.00983 e. The van der Waals surface area contributed by atoms with Gasteiger partial charge in [0.1, 0.15) is 0 Å². The van der Waals surface area contributed by atoms with Crippen molar-refractivity contribution >= 4 is 0 Å². The normalized spacial score (nSPS) is 17.1. The highest BCUT2D eigenvalue weighted by Gasteiger charge is 2.30. The van der Waals surface area contributed by atoms with E-state index in [1.807, 2.05) is 0 Å². The molecule has 1 aromatic carbocycles. The summed E-state index contributed by atoms with van der Waals surface area (Å²) in [6, 6.07) is 7.59. The SMILES string of the molecule is CCNC(CCc1ccc(C)cc1C)C1CC1. The van der Waals surface area contributed by atoms with Crippen molar-refractivity contribution in [1.82, 2.24) is 5.32 Å². The van der Waals surface area contributed by atoms with Crippen LogP contribution >= 0.6 is 0 Å². The molecule has 1 aliphatic carbocycles. The Kier molecular flexibility index (Phi) is 4.22. The van der Waals surface area contributed by atoms with E-state index in [1.165, 1.54) is 42.4 Å². The second-order valence-corrected chi connectivity index (χ2v) is 5.47. The minimum Gasteiger partial charge on any atom is -0.314 e. The van der Waals surface area contributed by atoms with Crippen LogP contribution < -0.4 is 5.32 Å². The Labute approximate surface area is 106 Å². The summed E-state index contributed by atoms with van der Waals surface area (Å²) in [5.74, 6) is 0.959. The first-order chi connectivity index (χ1) is 8.20. The number of hydrogen-bond donors (Lipinski definition) is 1. The van der Waals surface area contributed by atoms with Crippen LogP contribution in [0.15, 0.2) is 18.2 Å². The second kappa shape index (κ2) is 5.68. The van der Waals surface area contributed by atoms with E-state index >= 15 is 0 Å². The lowest BCUT2D eigenvalue weighted by Gasteiger charge is -2.17. The molecule has 1 heteroatoms. The summed E-state index contributed by atoms with van der Waals surface area (Å²) in [6.07, 6.45) is 5.39. The average Bonchev–Trinajstić information content (AvgIpc) is 3.10. The van der Waals surface area contributed by atoms with E-state index in [2.05, 4.69) is 44.3 Å². The maximum absolute atomic E-state index is 3.65. The van der Waals surface area contributed by atoms with Crippen LogP contribution in [-0.2, 0) is 6.42 Å². The predicted octanol–water partition coefficient (Wildman–Crippen LogP) is 3.62. The van der Waals surface area contributed by atoms with E-state index in [-0.39, 0.29) is 0 Å². The Morgan fingerprint density at radius 3 is 2.65 bits per heavy atom. The van der Waals surface area contributed by atoms with Crippen molar-refractivity contribution in [3.8, 4) is 0 Å². The zero-order chi connectivity index (χ0) is 12.3. The highest BCUT2D eigenvalue weighted by atomic mass is 14.9. The van der Waals surface area contributed by atoms with Crippen LogP contribution in [-0.4, -0.2) is 12.6 Å². The second-order valence-electron chi connectivity index (χ2n) is 5.47. The molecule has 1 saturated carbocycles. The van der Waals surface area contributed by atoms with Crippen LogP contribution in [0.5, 0.6) is 0 Å². The molecule has 0 radical (unpaired) electrons. The Morgan fingerprint density at radius 1 is 1.29 bits per heavy atom. The Balaban J connectivity index is 1.91. The highest BCUT2D eigenvalue weighted by Crippen LogP contribution is 2.34. The van der Waals surface area contributed by atoms with Gasteiger partial charge in [0.25, 0.3) is 0 Å². The molecule has 0 aliphatic heterocycles. The van der Waals surface area contributed by atoms with E-state index in [0.717, 1.165) is 18.5 Å². The van der Waals surface area contributed by atoms with Crippen LogP contribution in [0.3, 0.4) is 0 Å². The van der Waals surface area contributed by atoms with E-state index in [9.17, 15) is 0 Å². The molecule has 1 nitrogen and oxygen atoms in total.